The zero-order chi connectivity index (χ0) is 16.1. The van der Waals surface area contributed by atoms with Crippen LogP contribution in [0.1, 0.15) is 71.1 Å². The van der Waals surface area contributed by atoms with Crippen LogP contribution in [0.4, 0.5) is 0 Å². The van der Waals surface area contributed by atoms with Crippen LogP contribution >= 0.6 is 0 Å². The van der Waals surface area contributed by atoms with Gasteiger partial charge in [0.25, 0.3) is 0 Å². The van der Waals surface area contributed by atoms with Crippen LogP contribution in [0.3, 0.4) is 0 Å². The average Bonchev–Trinajstić information content (AvgIpc) is 2.40. The molecule has 0 saturated heterocycles. The Bertz CT molecular complexity index is 368. The van der Waals surface area contributed by atoms with E-state index in [1.165, 1.54) is 45.6 Å². The molecule has 0 radical (unpaired) electrons. The number of carbonyl (C=O) groups is 1. The standard InChI is InChI=1S/C15H31NO4S/c1-3-4-5-6-7-8-9-10-11-12-13-21(19,20)16(2)14-15(17)18/h3-14H2,1-2H3,(H,17,18). The number of hydrogen-bond donors (Lipinski definition) is 1. The lowest BCUT2D eigenvalue weighted by Crippen LogP contribution is -2.33. The molecule has 0 spiro atoms. The fraction of sp³-hybridized carbons (Fsp3) is 0.933. The summed E-state index contributed by atoms with van der Waals surface area (Å²) in [4.78, 5) is 10.5. The Kier molecular flexibility index (Phi) is 11.6. The highest BCUT2D eigenvalue weighted by molar-refractivity contribution is 7.89. The van der Waals surface area contributed by atoms with Gasteiger partial charge in [-0.2, -0.15) is 4.31 Å². The predicted octanol–water partition coefficient (Wildman–Crippen LogP) is 3.25. The summed E-state index contributed by atoms with van der Waals surface area (Å²) in [5.74, 6) is -1.07. The van der Waals surface area contributed by atoms with Gasteiger partial charge in [0.1, 0.15) is 6.54 Å². The van der Waals surface area contributed by atoms with Crippen molar-refractivity contribution in [2.24, 2.45) is 0 Å². The fourth-order valence-corrected chi connectivity index (χ4v) is 3.40. The van der Waals surface area contributed by atoms with Gasteiger partial charge in [0.05, 0.1) is 5.75 Å². The monoisotopic (exact) mass is 321 g/mol. The molecule has 0 heterocycles. The van der Waals surface area contributed by atoms with Crippen molar-refractivity contribution in [1.29, 1.82) is 0 Å². The molecular weight excluding hydrogens is 290 g/mol. The molecule has 1 N–H and O–H groups in total. The molecule has 0 aliphatic rings. The highest BCUT2D eigenvalue weighted by atomic mass is 32.2. The van der Waals surface area contributed by atoms with Crippen LogP contribution in [0.25, 0.3) is 0 Å². The normalized spacial score (nSPS) is 12.0. The molecule has 0 aromatic heterocycles. The van der Waals surface area contributed by atoms with E-state index in [4.69, 9.17) is 5.11 Å². The topological polar surface area (TPSA) is 74.7 Å². The minimum atomic E-state index is -3.41. The third-order valence-electron chi connectivity index (χ3n) is 3.59. The molecule has 0 bridgehead atoms. The van der Waals surface area contributed by atoms with Gasteiger partial charge in [0, 0.05) is 7.05 Å². The van der Waals surface area contributed by atoms with Crippen molar-refractivity contribution in [3.05, 3.63) is 0 Å². The molecule has 0 unspecified atom stereocenters. The van der Waals surface area contributed by atoms with E-state index in [0.717, 1.165) is 23.6 Å². The number of unbranched alkanes of at least 4 members (excludes halogenated alkanes) is 9. The smallest absolute Gasteiger partial charge is 0.318 e. The summed E-state index contributed by atoms with van der Waals surface area (Å²) in [6.45, 7) is 1.75. The number of rotatable bonds is 14. The van der Waals surface area contributed by atoms with Crippen molar-refractivity contribution >= 4 is 16.0 Å². The maximum Gasteiger partial charge on any atom is 0.318 e. The molecule has 0 aromatic rings. The van der Waals surface area contributed by atoms with Gasteiger partial charge >= 0.3 is 5.97 Å². The van der Waals surface area contributed by atoms with E-state index in [1.54, 1.807) is 0 Å². The van der Waals surface area contributed by atoms with Gasteiger partial charge < -0.3 is 5.11 Å². The summed E-state index contributed by atoms with van der Waals surface area (Å²) >= 11 is 0. The number of sulfonamides is 1. The molecular formula is C15H31NO4S. The van der Waals surface area contributed by atoms with Crippen LogP contribution in [0.5, 0.6) is 0 Å². The Hall–Kier alpha value is -0.620. The molecule has 0 fully saturated rings. The molecule has 21 heavy (non-hydrogen) atoms. The van der Waals surface area contributed by atoms with E-state index < -0.39 is 22.5 Å². The van der Waals surface area contributed by atoms with Crippen molar-refractivity contribution in [3.8, 4) is 0 Å². The Labute approximate surface area is 129 Å². The fourth-order valence-electron chi connectivity index (χ4n) is 2.22. The van der Waals surface area contributed by atoms with Crippen LogP contribution < -0.4 is 0 Å². The molecule has 0 atom stereocenters. The van der Waals surface area contributed by atoms with Crippen molar-refractivity contribution in [1.82, 2.24) is 4.31 Å². The molecule has 0 amide bonds. The molecule has 5 nitrogen and oxygen atoms in total. The maximum atomic E-state index is 11.8. The summed E-state index contributed by atoms with van der Waals surface area (Å²) in [5, 5.41) is 8.59. The molecule has 0 saturated carbocycles. The first-order valence-corrected chi connectivity index (χ1v) is 9.67. The lowest BCUT2D eigenvalue weighted by atomic mass is 10.1. The van der Waals surface area contributed by atoms with Crippen molar-refractivity contribution < 1.29 is 18.3 Å². The number of likely N-dealkylation sites (N-methyl/N-ethyl adjacent to an activating group) is 1. The Morgan fingerprint density at radius 1 is 0.905 bits per heavy atom. The molecule has 0 rings (SSSR count). The Morgan fingerprint density at radius 2 is 1.33 bits per heavy atom. The number of hydrogen-bond acceptors (Lipinski definition) is 3. The van der Waals surface area contributed by atoms with Crippen molar-refractivity contribution in [2.75, 3.05) is 19.3 Å². The number of aliphatic carboxylic acids is 1. The van der Waals surface area contributed by atoms with Crippen LogP contribution in [0, 0.1) is 0 Å². The van der Waals surface area contributed by atoms with E-state index in [9.17, 15) is 13.2 Å². The molecule has 0 aliphatic heterocycles. The molecule has 6 heteroatoms. The number of carboxylic acids is 1. The molecule has 0 aromatic carbocycles. The van der Waals surface area contributed by atoms with Gasteiger partial charge in [-0.3, -0.25) is 4.79 Å². The van der Waals surface area contributed by atoms with Crippen LogP contribution in [0.2, 0.25) is 0 Å². The zero-order valence-electron chi connectivity index (χ0n) is 13.5. The summed E-state index contributed by atoms with van der Waals surface area (Å²) in [6.07, 6.45) is 11.5. The molecule has 0 aliphatic carbocycles. The Morgan fingerprint density at radius 3 is 1.76 bits per heavy atom. The second kappa shape index (κ2) is 12.0. The summed E-state index contributed by atoms with van der Waals surface area (Å²) < 4.78 is 24.4. The van der Waals surface area contributed by atoms with E-state index >= 15 is 0 Å². The van der Waals surface area contributed by atoms with Gasteiger partial charge in [-0.1, -0.05) is 64.7 Å². The van der Waals surface area contributed by atoms with Crippen LogP contribution in [-0.2, 0) is 14.8 Å². The quantitative estimate of drug-likeness (QED) is 0.498. The summed E-state index contributed by atoms with van der Waals surface area (Å²) in [6, 6.07) is 0. The van der Waals surface area contributed by atoms with Gasteiger partial charge in [0.15, 0.2) is 0 Å². The SMILES string of the molecule is CCCCCCCCCCCCS(=O)(=O)N(C)CC(=O)O. The van der Waals surface area contributed by atoms with Crippen LogP contribution in [0.15, 0.2) is 0 Å². The summed E-state index contributed by atoms with van der Waals surface area (Å²) in [5.41, 5.74) is 0. The van der Waals surface area contributed by atoms with Gasteiger partial charge in [-0.25, -0.2) is 8.42 Å². The van der Waals surface area contributed by atoms with E-state index in [1.807, 2.05) is 0 Å². The van der Waals surface area contributed by atoms with Crippen molar-refractivity contribution in [3.63, 3.8) is 0 Å². The first kappa shape index (κ1) is 20.4. The second-order valence-electron chi connectivity index (χ2n) is 5.65. The lowest BCUT2D eigenvalue weighted by Gasteiger charge is -2.14. The zero-order valence-corrected chi connectivity index (χ0v) is 14.3. The summed E-state index contributed by atoms with van der Waals surface area (Å²) in [7, 11) is -2.09. The molecule has 126 valence electrons. The average molecular weight is 321 g/mol. The largest absolute Gasteiger partial charge is 0.480 e. The lowest BCUT2D eigenvalue weighted by molar-refractivity contribution is -0.137. The van der Waals surface area contributed by atoms with Crippen LogP contribution in [-0.4, -0.2) is 43.1 Å². The minimum absolute atomic E-state index is 0.0489. The third kappa shape index (κ3) is 11.7. The second-order valence-corrected chi connectivity index (χ2v) is 7.84. The first-order valence-electron chi connectivity index (χ1n) is 8.06. The van der Waals surface area contributed by atoms with E-state index in [2.05, 4.69) is 6.92 Å². The van der Waals surface area contributed by atoms with E-state index in [0.29, 0.717) is 6.42 Å². The number of carboxylic acid groups (broad SMARTS) is 1. The van der Waals surface area contributed by atoms with Gasteiger partial charge in [-0.15, -0.1) is 0 Å². The maximum absolute atomic E-state index is 11.8. The van der Waals surface area contributed by atoms with Crippen molar-refractivity contribution in [2.45, 2.75) is 71.1 Å². The van der Waals surface area contributed by atoms with Gasteiger partial charge in [0.2, 0.25) is 10.0 Å². The third-order valence-corrected chi connectivity index (χ3v) is 5.47. The Balaban J connectivity index is 3.55. The number of nitrogens with zero attached hydrogens (tertiary/aromatic N) is 1. The van der Waals surface area contributed by atoms with Gasteiger partial charge in [-0.05, 0) is 6.42 Å². The highest BCUT2D eigenvalue weighted by Crippen LogP contribution is 2.11. The van der Waals surface area contributed by atoms with E-state index in [-0.39, 0.29) is 5.75 Å². The minimum Gasteiger partial charge on any atom is -0.480 e. The highest BCUT2D eigenvalue weighted by Gasteiger charge is 2.19. The predicted molar refractivity (Wildman–Crippen MR) is 85.9 cm³/mol. The first-order chi connectivity index (χ1) is 9.90.